The fourth-order valence-electron chi connectivity index (χ4n) is 3.81. The number of aryl methyl sites for hydroxylation is 2. The number of aromatic nitrogens is 3. The molecule has 9 heteroatoms. The predicted molar refractivity (Wildman–Crippen MR) is 114 cm³/mol. The number of rotatable bonds is 5. The fraction of sp³-hybridized carbons (Fsp3) is 0.261. The quantitative estimate of drug-likeness (QED) is 0.340. The Morgan fingerprint density at radius 1 is 1.19 bits per heavy atom. The van der Waals surface area contributed by atoms with Crippen molar-refractivity contribution >= 4 is 22.5 Å². The fourth-order valence-corrected chi connectivity index (χ4v) is 4.01. The van der Waals surface area contributed by atoms with Crippen molar-refractivity contribution in [2.45, 2.75) is 39.4 Å². The van der Waals surface area contributed by atoms with Crippen molar-refractivity contribution in [3.05, 3.63) is 69.6 Å². The van der Waals surface area contributed by atoms with Crippen molar-refractivity contribution < 1.29 is 17.7 Å². The van der Waals surface area contributed by atoms with Crippen LogP contribution in [0, 0.1) is 18.3 Å². The molecule has 2 heterocycles. The maximum Gasteiger partial charge on any atom is 0.418 e. The average molecular weight is 459 g/mol. The summed E-state index contributed by atoms with van der Waals surface area (Å²) in [6, 6.07) is 11.3. The van der Waals surface area contributed by atoms with Crippen LogP contribution in [-0.4, -0.2) is 14.7 Å². The van der Waals surface area contributed by atoms with E-state index in [4.69, 9.17) is 16.1 Å². The van der Waals surface area contributed by atoms with Gasteiger partial charge in [0.15, 0.2) is 5.82 Å². The Bertz CT molecular complexity index is 1350. The number of nitriles is 1. The summed E-state index contributed by atoms with van der Waals surface area (Å²) >= 11 is 6.25. The Morgan fingerprint density at radius 3 is 2.66 bits per heavy atom. The highest BCUT2D eigenvalue weighted by molar-refractivity contribution is 6.33. The third-order valence-corrected chi connectivity index (χ3v) is 5.53. The van der Waals surface area contributed by atoms with Crippen molar-refractivity contribution in [3.63, 3.8) is 0 Å². The molecule has 4 rings (SSSR count). The van der Waals surface area contributed by atoms with Gasteiger partial charge < -0.3 is 9.09 Å². The molecule has 4 aromatic rings. The number of benzene rings is 2. The van der Waals surface area contributed by atoms with Gasteiger partial charge in [0.25, 0.3) is 5.89 Å². The molecule has 0 aliphatic carbocycles. The summed E-state index contributed by atoms with van der Waals surface area (Å²) in [6.45, 7) is 3.97. The first-order chi connectivity index (χ1) is 15.2. The Labute approximate surface area is 187 Å². The van der Waals surface area contributed by atoms with E-state index in [1.165, 1.54) is 18.2 Å². The summed E-state index contributed by atoms with van der Waals surface area (Å²) in [7, 11) is 0. The molecule has 0 fully saturated rings. The van der Waals surface area contributed by atoms with Crippen LogP contribution in [0.15, 0.2) is 40.9 Å². The van der Waals surface area contributed by atoms with E-state index in [-0.39, 0.29) is 17.8 Å². The summed E-state index contributed by atoms with van der Waals surface area (Å²) < 4.78 is 48.4. The highest BCUT2D eigenvalue weighted by Gasteiger charge is 2.36. The highest BCUT2D eigenvalue weighted by atomic mass is 35.5. The lowest BCUT2D eigenvalue weighted by Crippen LogP contribution is -2.09. The zero-order chi connectivity index (χ0) is 23.0. The van der Waals surface area contributed by atoms with Gasteiger partial charge in [-0.1, -0.05) is 41.7 Å². The first-order valence-electron chi connectivity index (χ1n) is 9.94. The normalized spacial score (nSPS) is 11.8. The van der Waals surface area contributed by atoms with Crippen molar-refractivity contribution in [1.29, 1.82) is 5.26 Å². The number of hydrogen-bond donors (Lipinski definition) is 0. The second-order valence-electron chi connectivity index (χ2n) is 7.50. The van der Waals surface area contributed by atoms with Crippen LogP contribution in [-0.2, 0) is 19.1 Å². The Hall–Kier alpha value is -3.31. The summed E-state index contributed by atoms with van der Waals surface area (Å²) in [5.74, 6) is 0.551. The average Bonchev–Trinajstić information content (AvgIpc) is 3.34. The van der Waals surface area contributed by atoms with Crippen LogP contribution in [0.4, 0.5) is 13.2 Å². The van der Waals surface area contributed by atoms with E-state index < -0.39 is 17.3 Å². The van der Waals surface area contributed by atoms with Gasteiger partial charge in [-0.05, 0) is 43.7 Å². The van der Waals surface area contributed by atoms with Gasteiger partial charge in [0.1, 0.15) is 0 Å². The van der Waals surface area contributed by atoms with Crippen LogP contribution in [0.3, 0.4) is 0 Å². The van der Waals surface area contributed by atoms with Crippen LogP contribution in [0.25, 0.3) is 22.4 Å². The first kappa shape index (κ1) is 21.9. The van der Waals surface area contributed by atoms with Gasteiger partial charge in [-0.15, -0.1) is 0 Å². The molecule has 32 heavy (non-hydrogen) atoms. The van der Waals surface area contributed by atoms with Crippen LogP contribution in [0.2, 0.25) is 5.02 Å². The summed E-state index contributed by atoms with van der Waals surface area (Å²) in [4.78, 5) is 4.41. The minimum absolute atomic E-state index is 0.00885. The molecule has 0 spiro atoms. The van der Waals surface area contributed by atoms with Crippen molar-refractivity contribution in [2.75, 3.05) is 0 Å². The van der Waals surface area contributed by atoms with Crippen LogP contribution in [0.1, 0.15) is 41.6 Å². The minimum Gasteiger partial charge on any atom is -0.337 e. The van der Waals surface area contributed by atoms with Crippen LogP contribution < -0.4 is 0 Å². The molecule has 0 amide bonds. The second-order valence-corrected chi connectivity index (χ2v) is 7.91. The number of alkyl halides is 3. The lowest BCUT2D eigenvalue weighted by atomic mass is 10.0. The van der Waals surface area contributed by atoms with Gasteiger partial charge in [-0.2, -0.15) is 23.4 Å². The molecular formula is C23H18ClF3N4O. The number of hydrogen-bond acceptors (Lipinski definition) is 4. The minimum atomic E-state index is -4.65. The number of nitrogens with zero attached hydrogens (tertiary/aromatic N) is 4. The second kappa shape index (κ2) is 8.32. The molecule has 0 aliphatic rings. The zero-order valence-electron chi connectivity index (χ0n) is 17.3. The van der Waals surface area contributed by atoms with Gasteiger partial charge >= 0.3 is 6.18 Å². The number of halogens is 4. The molecule has 0 saturated heterocycles. The van der Waals surface area contributed by atoms with Gasteiger partial charge in [0.2, 0.25) is 0 Å². The van der Waals surface area contributed by atoms with Gasteiger partial charge in [-0.3, -0.25) is 0 Å². The summed E-state index contributed by atoms with van der Waals surface area (Å²) in [5.41, 5.74) is 1.30. The molecule has 0 atom stereocenters. The van der Waals surface area contributed by atoms with Crippen molar-refractivity contribution in [3.8, 4) is 17.5 Å². The Kier molecular flexibility index (Phi) is 5.70. The Morgan fingerprint density at radius 2 is 1.97 bits per heavy atom. The topological polar surface area (TPSA) is 67.6 Å². The Balaban J connectivity index is 1.82. The maximum atomic E-state index is 13.8. The molecule has 5 nitrogen and oxygen atoms in total. The third-order valence-electron chi connectivity index (χ3n) is 5.20. The zero-order valence-corrected chi connectivity index (χ0v) is 18.1. The van der Waals surface area contributed by atoms with Gasteiger partial charge in [0.05, 0.1) is 34.3 Å². The molecule has 0 radical (unpaired) electrons. The van der Waals surface area contributed by atoms with E-state index in [1.54, 1.807) is 16.7 Å². The monoisotopic (exact) mass is 458 g/mol. The van der Waals surface area contributed by atoms with E-state index >= 15 is 0 Å². The molecule has 2 aromatic heterocycles. The largest absolute Gasteiger partial charge is 0.418 e. The van der Waals surface area contributed by atoms with Gasteiger partial charge in [-0.25, -0.2) is 0 Å². The van der Waals surface area contributed by atoms with E-state index in [0.29, 0.717) is 34.0 Å². The summed E-state index contributed by atoms with van der Waals surface area (Å²) in [6.07, 6.45) is -3.36. The lowest BCUT2D eigenvalue weighted by molar-refractivity contribution is -0.136. The SMILES string of the molecule is CCCc1cc2c(C(F)(F)F)c(C#N)ccc2n1Cc1noc(-c2cc(C)ccc2Cl)n1. The molecule has 0 bridgehead atoms. The van der Waals surface area contributed by atoms with E-state index in [0.717, 1.165) is 12.0 Å². The van der Waals surface area contributed by atoms with Gasteiger partial charge in [0, 0.05) is 16.6 Å². The molecular weight excluding hydrogens is 441 g/mol. The molecule has 0 saturated carbocycles. The van der Waals surface area contributed by atoms with E-state index in [2.05, 4.69) is 10.1 Å². The van der Waals surface area contributed by atoms with Crippen LogP contribution >= 0.6 is 11.6 Å². The van der Waals surface area contributed by atoms with E-state index in [9.17, 15) is 18.4 Å². The maximum absolute atomic E-state index is 13.8. The lowest BCUT2D eigenvalue weighted by Gasteiger charge is -2.11. The summed E-state index contributed by atoms with van der Waals surface area (Å²) in [5, 5.41) is 13.7. The first-order valence-corrected chi connectivity index (χ1v) is 10.3. The third kappa shape index (κ3) is 3.96. The smallest absolute Gasteiger partial charge is 0.337 e. The predicted octanol–water partition coefficient (Wildman–Crippen LogP) is 6.54. The highest BCUT2D eigenvalue weighted by Crippen LogP contribution is 2.39. The standard InChI is InChI=1S/C23H18ClF3N4O/c1-3-4-15-10-17-19(8-6-14(11-28)21(17)23(25,26)27)31(15)12-20-29-22(32-30-20)16-9-13(2)5-7-18(16)24/h5-10H,3-4,12H2,1-2H3. The molecule has 0 aliphatic heterocycles. The van der Waals surface area contributed by atoms with Crippen molar-refractivity contribution in [2.24, 2.45) is 0 Å². The molecule has 164 valence electrons. The van der Waals surface area contributed by atoms with Crippen LogP contribution in [0.5, 0.6) is 0 Å². The molecule has 0 unspecified atom stereocenters. The van der Waals surface area contributed by atoms with E-state index in [1.807, 2.05) is 26.0 Å². The molecule has 2 aromatic carbocycles. The number of fused-ring (bicyclic) bond motifs is 1. The molecule has 0 N–H and O–H groups in total. The van der Waals surface area contributed by atoms with Crippen molar-refractivity contribution in [1.82, 2.24) is 14.7 Å².